The quantitative estimate of drug-likeness (QED) is 0.737. The van der Waals surface area contributed by atoms with Crippen LogP contribution in [0.15, 0.2) is 39.7 Å². The molecule has 4 nitrogen and oxygen atoms in total. The van der Waals surface area contributed by atoms with Crippen molar-refractivity contribution in [2.45, 2.75) is 4.90 Å². The van der Waals surface area contributed by atoms with E-state index >= 15 is 0 Å². The molecule has 9 heteroatoms. The summed E-state index contributed by atoms with van der Waals surface area (Å²) in [6, 6.07) is 6.24. The van der Waals surface area contributed by atoms with E-state index in [0.717, 1.165) is 12.1 Å². The second kappa shape index (κ2) is 6.00. The number of nitrogens with two attached hydrogens (primary N) is 1. The number of anilines is 2. The summed E-state index contributed by atoms with van der Waals surface area (Å²) in [6.45, 7) is 0. The summed E-state index contributed by atoms with van der Waals surface area (Å²) in [6.07, 6.45) is 0. The zero-order chi connectivity index (χ0) is 15.8. The lowest BCUT2D eigenvalue weighted by molar-refractivity contribution is 0.599. The van der Waals surface area contributed by atoms with Crippen molar-refractivity contribution in [2.75, 3.05) is 10.5 Å². The topological polar surface area (TPSA) is 72.2 Å². The first-order valence-corrected chi connectivity index (χ1v) is 8.46. The minimum Gasteiger partial charge on any atom is -0.398 e. The minimum absolute atomic E-state index is 0.0128. The number of nitrogen functional groups attached to an aromatic ring is 1. The Bertz CT molecular complexity index is 795. The highest BCUT2D eigenvalue weighted by Gasteiger charge is 2.20. The number of nitrogens with one attached hydrogen (secondary N) is 1. The Balaban J connectivity index is 2.45. The van der Waals surface area contributed by atoms with Crippen LogP contribution in [0.4, 0.5) is 15.8 Å². The fourth-order valence-corrected chi connectivity index (χ4v) is 3.80. The highest BCUT2D eigenvalue weighted by molar-refractivity contribution is 9.10. The fraction of sp³-hybridized carbons (Fsp3) is 0. The van der Waals surface area contributed by atoms with Gasteiger partial charge in [0.25, 0.3) is 10.0 Å². The second-order valence-corrected chi connectivity index (χ2v) is 7.45. The molecule has 0 aromatic heterocycles. The second-order valence-electron chi connectivity index (χ2n) is 4.07. The number of halogens is 4. The molecule has 112 valence electrons. The normalized spacial score (nSPS) is 11.4. The lowest BCUT2D eigenvalue weighted by atomic mass is 10.3. The van der Waals surface area contributed by atoms with E-state index in [0.29, 0.717) is 0 Å². The molecule has 2 aromatic rings. The van der Waals surface area contributed by atoms with Crippen molar-refractivity contribution in [2.24, 2.45) is 0 Å². The Hall–Kier alpha value is -1.02. The molecule has 0 saturated carbocycles. The zero-order valence-corrected chi connectivity index (χ0v) is 14.1. The van der Waals surface area contributed by atoms with Crippen molar-refractivity contribution in [3.63, 3.8) is 0 Å². The number of sulfonamides is 1. The fourth-order valence-electron chi connectivity index (χ4n) is 1.60. The maximum absolute atomic E-state index is 13.3. The Morgan fingerprint density at radius 1 is 1.10 bits per heavy atom. The Morgan fingerprint density at radius 2 is 1.67 bits per heavy atom. The summed E-state index contributed by atoms with van der Waals surface area (Å²) in [4.78, 5) is -0.258. The molecule has 21 heavy (non-hydrogen) atoms. The van der Waals surface area contributed by atoms with Crippen molar-refractivity contribution in [1.29, 1.82) is 0 Å². The molecule has 2 rings (SSSR count). The molecular weight excluding hydrogens is 406 g/mol. The van der Waals surface area contributed by atoms with Gasteiger partial charge in [0.2, 0.25) is 0 Å². The molecule has 0 spiro atoms. The van der Waals surface area contributed by atoms with E-state index in [1.54, 1.807) is 0 Å². The molecule has 0 heterocycles. The summed E-state index contributed by atoms with van der Waals surface area (Å²) in [5, 5.41) is 0.543. The third-order valence-electron chi connectivity index (χ3n) is 2.46. The van der Waals surface area contributed by atoms with Gasteiger partial charge in [0.05, 0.1) is 15.8 Å². The molecule has 0 unspecified atom stereocenters. The van der Waals surface area contributed by atoms with Crippen LogP contribution in [0.25, 0.3) is 0 Å². The highest BCUT2D eigenvalue weighted by Crippen LogP contribution is 2.29. The Kier molecular flexibility index (Phi) is 4.67. The van der Waals surface area contributed by atoms with Gasteiger partial charge in [-0.05, 0) is 46.3 Å². The van der Waals surface area contributed by atoms with E-state index in [4.69, 9.17) is 28.9 Å². The summed E-state index contributed by atoms with van der Waals surface area (Å²) in [7, 11) is -4.01. The summed E-state index contributed by atoms with van der Waals surface area (Å²) < 4.78 is 40.2. The SMILES string of the molecule is Nc1cc(F)c(Br)cc1S(=O)(=O)Nc1cc(Cl)cc(Cl)c1. The van der Waals surface area contributed by atoms with Crippen molar-refractivity contribution < 1.29 is 12.8 Å². The molecular formula is C12H8BrCl2FN2O2S. The van der Waals surface area contributed by atoms with Gasteiger partial charge in [-0.2, -0.15) is 0 Å². The largest absolute Gasteiger partial charge is 0.398 e. The van der Waals surface area contributed by atoms with E-state index in [9.17, 15) is 12.8 Å². The average Bonchev–Trinajstić information content (AvgIpc) is 2.31. The molecule has 0 atom stereocenters. The number of hydrogen-bond donors (Lipinski definition) is 2. The molecule has 0 fully saturated rings. The molecule has 3 N–H and O–H groups in total. The van der Waals surface area contributed by atoms with E-state index in [1.807, 2.05) is 0 Å². The lowest BCUT2D eigenvalue weighted by Crippen LogP contribution is -2.15. The van der Waals surface area contributed by atoms with Gasteiger partial charge in [0.1, 0.15) is 10.7 Å². The predicted molar refractivity (Wildman–Crippen MR) is 85.8 cm³/mol. The first-order valence-electron chi connectivity index (χ1n) is 5.42. The van der Waals surface area contributed by atoms with E-state index in [-0.39, 0.29) is 30.8 Å². The molecule has 0 radical (unpaired) electrons. The van der Waals surface area contributed by atoms with Crippen LogP contribution in [0.3, 0.4) is 0 Å². The van der Waals surface area contributed by atoms with Gasteiger partial charge in [-0.1, -0.05) is 23.2 Å². The average molecular weight is 414 g/mol. The monoisotopic (exact) mass is 412 g/mol. The number of rotatable bonds is 3. The van der Waals surface area contributed by atoms with Crippen molar-refractivity contribution in [3.8, 4) is 0 Å². The van der Waals surface area contributed by atoms with Crippen LogP contribution in [0, 0.1) is 5.82 Å². The van der Waals surface area contributed by atoms with Crippen LogP contribution in [0.1, 0.15) is 0 Å². The summed E-state index contributed by atoms with van der Waals surface area (Å²) in [5.74, 6) is -0.655. The third kappa shape index (κ3) is 3.79. The van der Waals surface area contributed by atoms with Crippen molar-refractivity contribution >= 4 is 60.5 Å². The van der Waals surface area contributed by atoms with Gasteiger partial charge in [-0.25, -0.2) is 12.8 Å². The molecule has 0 bridgehead atoms. The van der Waals surface area contributed by atoms with Gasteiger partial charge < -0.3 is 5.73 Å². The minimum atomic E-state index is -4.01. The van der Waals surface area contributed by atoms with Crippen LogP contribution in [0.5, 0.6) is 0 Å². The molecule has 0 aliphatic rings. The molecule has 0 amide bonds. The molecule has 0 saturated heterocycles. The maximum atomic E-state index is 13.3. The summed E-state index contributed by atoms with van der Waals surface area (Å²) in [5.41, 5.74) is 5.52. The Morgan fingerprint density at radius 3 is 2.24 bits per heavy atom. The van der Waals surface area contributed by atoms with E-state index in [2.05, 4.69) is 20.7 Å². The van der Waals surface area contributed by atoms with Gasteiger partial charge in [0, 0.05) is 10.0 Å². The molecule has 2 aromatic carbocycles. The maximum Gasteiger partial charge on any atom is 0.263 e. The van der Waals surface area contributed by atoms with Crippen LogP contribution < -0.4 is 10.5 Å². The standard InChI is InChI=1S/C12H8BrCl2FN2O2S/c13-9-4-12(11(17)5-10(9)16)21(19,20)18-8-2-6(14)1-7(15)3-8/h1-5,18H,17H2. The molecule has 0 aliphatic heterocycles. The lowest BCUT2D eigenvalue weighted by Gasteiger charge is -2.11. The van der Waals surface area contributed by atoms with Crippen LogP contribution in [-0.4, -0.2) is 8.42 Å². The first-order chi connectivity index (χ1) is 9.69. The van der Waals surface area contributed by atoms with Gasteiger partial charge >= 0.3 is 0 Å². The van der Waals surface area contributed by atoms with E-state index < -0.39 is 15.8 Å². The van der Waals surface area contributed by atoms with Gasteiger partial charge in [0.15, 0.2) is 0 Å². The first kappa shape index (κ1) is 16.4. The predicted octanol–water partition coefficient (Wildman–Crippen LogP) is 4.28. The molecule has 0 aliphatic carbocycles. The van der Waals surface area contributed by atoms with Crippen LogP contribution in [-0.2, 0) is 10.0 Å². The van der Waals surface area contributed by atoms with Crippen LogP contribution in [0.2, 0.25) is 10.0 Å². The van der Waals surface area contributed by atoms with Gasteiger partial charge in [-0.15, -0.1) is 0 Å². The van der Waals surface area contributed by atoms with Crippen molar-refractivity contribution in [3.05, 3.63) is 50.7 Å². The third-order valence-corrected chi connectivity index (χ3v) is 4.94. The van der Waals surface area contributed by atoms with Crippen molar-refractivity contribution in [1.82, 2.24) is 0 Å². The summed E-state index contributed by atoms with van der Waals surface area (Å²) >= 11 is 14.5. The number of hydrogen-bond acceptors (Lipinski definition) is 3. The zero-order valence-electron chi connectivity index (χ0n) is 10.2. The highest BCUT2D eigenvalue weighted by atomic mass is 79.9. The van der Waals surface area contributed by atoms with Crippen LogP contribution >= 0.6 is 39.1 Å². The smallest absolute Gasteiger partial charge is 0.263 e. The number of benzene rings is 2. The van der Waals surface area contributed by atoms with Gasteiger partial charge in [-0.3, -0.25) is 4.72 Å². The Labute approximate surface area is 139 Å². The van der Waals surface area contributed by atoms with E-state index in [1.165, 1.54) is 18.2 Å².